The minimum atomic E-state index is -0.122. The van der Waals surface area contributed by atoms with E-state index in [9.17, 15) is 9.90 Å². The third-order valence-corrected chi connectivity index (χ3v) is 4.59. The van der Waals surface area contributed by atoms with Gasteiger partial charge in [-0.25, -0.2) is 0 Å². The van der Waals surface area contributed by atoms with E-state index >= 15 is 0 Å². The van der Waals surface area contributed by atoms with Crippen molar-refractivity contribution in [1.29, 1.82) is 0 Å². The number of hydrogen-bond acceptors (Lipinski definition) is 5. The molecule has 1 amide bonds. The number of likely N-dealkylation sites (tertiary alicyclic amines) is 1. The normalized spacial score (nSPS) is 15.9. The number of piperidine rings is 1. The van der Waals surface area contributed by atoms with Gasteiger partial charge in [-0.2, -0.15) is 4.98 Å². The smallest absolute Gasteiger partial charge is 0.257 e. The molecule has 0 atom stereocenters. The molecule has 6 heteroatoms. The summed E-state index contributed by atoms with van der Waals surface area (Å²) in [6.45, 7) is 7.16. The number of phenolic OH excluding ortho intramolecular Hbond substituents is 1. The molecule has 3 rings (SSSR count). The Morgan fingerprint density at radius 3 is 2.58 bits per heavy atom. The van der Waals surface area contributed by atoms with Crippen LogP contribution in [-0.4, -0.2) is 39.1 Å². The molecule has 2 heterocycles. The van der Waals surface area contributed by atoms with Crippen LogP contribution in [0.2, 0.25) is 0 Å². The molecule has 0 unspecified atom stereocenters. The lowest BCUT2D eigenvalue weighted by Gasteiger charge is -2.30. The average molecular weight is 329 g/mol. The van der Waals surface area contributed by atoms with Gasteiger partial charge in [0.1, 0.15) is 5.75 Å². The summed E-state index contributed by atoms with van der Waals surface area (Å²) in [6, 6.07) is 5.32. The van der Waals surface area contributed by atoms with E-state index < -0.39 is 0 Å². The Balaban J connectivity index is 1.67. The zero-order chi connectivity index (χ0) is 17.3. The van der Waals surface area contributed by atoms with Crippen LogP contribution < -0.4 is 0 Å². The van der Waals surface area contributed by atoms with Crippen LogP contribution in [-0.2, 0) is 0 Å². The lowest BCUT2D eigenvalue weighted by Crippen LogP contribution is -2.38. The van der Waals surface area contributed by atoms with E-state index in [0.717, 1.165) is 18.4 Å². The second-order valence-corrected chi connectivity index (χ2v) is 6.68. The number of phenols is 1. The Morgan fingerprint density at radius 2 is 2.04 bits per heavy atom. The number of rotatable bonds is 3. The number of carbonyl (C=O) groups excluding carboxylic acids is 1. The molecule has 6 nitrogen and oxygen atoms in total. The van der Waals surface area contributed by atoms with Crippen LogP contribution in [0.25, 0.3) is 0 Å². The zero-order valence-corrected chi connectivity index (χ0v) is 14.3. The summed E-state index contributed by atoms with van der Waals surface area (Å²) in [7, 11) is 0. The molecule has 0 aliphatic carbocycles. The maximum absolute atomic E-state index is 12.7. The largest absolute Gasteiger partial charge is 0.507 e. The van der Waals surface area contributed by atoms with Crippen molar-refractivity contribution in [3.63, 3.8) is 0 Å². The molecule has 1 fully saturated rings. The van der Waals surface area contributed by atoms with E-state index in [1.807, 2.05) is 6.07 Å². The van der Waals surface area contributed by atoms with Crippen LogP contribution in [0, 0.1) is 6.92 Å². The fraction of sp³-hybridized carbons (Fsp3) is 0.500. The number of carbonyl (C=O) groups is 1. The summed E-state index contributed by atoms with van der Waals surface area (Å²) in [6.07, 6.45) is 1.58. The van der Waals surface area contributed by atoms with Crippen molar-refractivity contribution in [2.45, 2.75) is 45.4 Å². The summed E-state index contributed by atoms with van der Waals surface area (Å²) in [5.41, 5.74) is 1.39. The highest BCUT2D eigenvalue weighted by molar-refractivity contribution is 5.97. The molecule has 1 aliphatic rings. The number of amides is 1. The molecular weight excluding hydrogens is 306 g/mol. The lowest BCUT2D eigenvalue weighted by molar-refractivity contribution is 0.0701. The van der Waals surface area contributed by atoms with E-state index in [2.05, 4.69) is 24.0 Å². The van der Waals surface area contributed by atoms with Crippen LogP contribution in [0.15, 0.2) is 22.7 Å². The maximum atomic E-state index is 12.7. The predicted molar refractivity (Wildman–Crippen MR) is 89.1 cm³/mol. The molecule has 1 aromatic heterocycles. The summed E-state index contributed by atoms with van der Waals surface area (Å²) >= 11 is 0. The van der Waals surface area contributed by atoms with Gasteiger partial charge < -0.3 is 14.5 Å². The third-order valence-electron chi connectivity index (χ3n) is 4.59. The van der Waals surface area contributed by atoms with Crippen molar-refractivity contribution in [2.24, 2.45) is 0 Å². The fourth-order valence-electron chi connectivity index (χ4n) is 3.07. The summed E-state index contributed by atoms with van der Waals surface area (Å²) in [5, 5.41) is 14.0. The highest BCUT2D eigenvalue weighted by atomic mass is 16.5. The standard InChI is InChI=1S/C18H23N3O3/c1-11(2)14-4-5-15(16(22)10-14)18(23)21-8-6-13(7-9-21)17-19-12(3)20-24-17/h4-5,10-11,13,22H,6-9H2,1-3H3. The topological polar surface area (TPSA) is 79.5 Å². The van der Waals surface area contributed by atoms with Crippen LogP contribution in [0.1, 0.15) is 66.2 Å². The molecule has 1 N–H and O–H groups in total. The van der Waals surface area contributed by atoms with E-state index in [-0.39, 0.29) is 17.6 Å². The Hall–Kier alpha value is -2.37. The minimum Gasteiger partial charge on any atom is -0.507 e. The number of benzene rings is 1. The highest BCUT2D eigenvalue weighted by Crippen LogP contribution is 2.29. The zero-order valence-electron chi connectivity index (χ0n) is 14.3. The first kappa shape index (κ1) is 16.5. The predicted octanol–water partition coefficient (Wildman–Crippen LogP) is 3.23. The van der Waals surface area contributed by atoms with Crippen molar-refractivity contribution >= 4 is 5.91 Å². The summed E-state index contributed by atoms with van der Waals surface area (Å²) < 4.78 is 5.23. The van der Waals surface area contributed by atoms with Gasteiger partial charge in [-0.3, -0.25) is 4.79 Å². The third kappa shape index (κ3) is 3.27. The molecule has 0 spiro atoms. The number of nitrogens with zero attached hydrogens (tertiary/aromatic N) is 3. The van der Waals surface area contributed by atoms with E-state index in [1.165, 1.54) is 0 Å². The molecule has 2 aromatic rings. The monoisotopic (exact) mass is 329 g/mol. The molecular formula is C18H23N3O3. The first-order valence-electron chi connectivity index (χ1n) is 8.38. The second-order valence-electron chi connectivity index (χ2n) is 6.68. The molecule has 1 saturated heterocycles. The number of aryl methyl sites for hydroxylation is 1. The molecule has 128 valence electrons. The Labute approximate surface area is 141 Å². The van der Waals surface area contributed by atoms with Crippen molar-refractivity contribution in [1.82, 2.24) is 15.0 Å². The van der Waals surface area contributed by atoms with Crippen LogP contribution in [0.4, 0.5) is 0 Å². The van der Waals surface area contributed by atoms with Crippen molar-refractivity contribution in [2.75, 3.05) is 13.1 Å². The maximum Gasteiger partial charge on any atom is 0.257 e. The Morgan fingerprint density at radius 1 is 1.33 bits per heavy atom. The number of hydrogen-bond donors (Lipinski definition) is 1. The van der Waals surface area contributed by atoms with Crippen LogP contribution in [0.3, 0.4) is 0 Å². The van der Waals surface area contributed by atoms with Gasteiger partial charge in [0.2, 0.25) is 5.89 Å². The molecule has 0 saturated carbocycles. The van der Waals surface area contributed by atoms with E-state index in [4.69, 9.17) is 4.52 Å². The lowest BCUT2D eigenvalue weighted by atomic mass is 9.95. The molecule has 0 bridgehead atoms. The minimum absolute atomic E-state index is 0.0563. The van der Waals surface area contributed by atoms with Crippen LogP contribution >= 0.6 is 0 Å². The summed E-state index contributed by atoms with van der Waals surface area (Å²) in [5.74, 6) is 1.74. The summed E-state index contributed by atoms with van der Waals surface area (Å²) in [4.78, 5) is 18.7. The second kappa shape index (κ2) is 6.63. The van der Waals surface area contributed by atoms with Gasteiger partial charge in [-0.15, -0.1) is 0 Å². The molecule has 24 heavy (non-hydrogen) atoms. The van der Waals surface area contributed by atoms with Crippen molar-refractivity contribution in [3.8, 4) is 5.75 Å². The number of aromatic hydroxyl groups is 1. The van der Waals surface area contributed by atoms with Gasteiger partial charge in [0, 0.05) is 19.0 Å². The SMILES string of the molecule is Cc1noc(C2CCN(C(=O)c3ccc(C(C)C)cc3O)CC2)n1. The Bertz CT molecular complexity index is 731. The van der Waals surface area contributed by atoms with Gasteiger partial charge in [-0.05, 0) is 43.4 Å². The van der Waals surface area contributed by atoms with Crippen molar-refractivity contribution < 1.29 is 14.4 Å². The fourth-order valence-corrected chi connectivity index (χ4v) is 3.07. The van der Waals surface area contributed by atoms with Gasteiger partial charge in [-0.1, -0.05) is 25.1 Å². The number of aromatic nitrogens is 2. The van der Waals surface area contributed by atoms with Gasteiger partial charge in [0.05, 0.1) is 5.56 Å². The molecule has 1 aromatic carbocycles. The van der Waals surface area contributed by atoms with Gasteiger partial charge >= 0.3 is 0 Å². The quantitative estimate of drug-likeness (QED) is 0.935. The Kier molecular flexibility index (Phi) is 4.55. The average Bonchev–Trinajstić information content (AvgIpc) is 3.00. The van der Waals surface area contributed by atoms with Gasteiger partial charge in [0.15, 0.2) is 5.82 Å². The van der Waals surface area contributed by atoms with Crippen molar-refractivity contribution in [3.05, 3.63) is 41.0 Å². The molecule has 1 aliphatic heterocycles. The van der Waals surface area contributed by atoms with E-state index in [0.29, 0.717) is 36.3 Å². The highest BCUT2D eigenvalue weighted by Gasteiger charge is 2.28. The molecule has 0 radical (unpaired) electrons. The van der Waals surface area contributed by atoms with Gasteiger partial charge in [0.25, 0.3) is 5.91 Å². The van der Waals surface area contributed by atoms with E-state index in [1.54, 1.807) is 24.0 Å². The van der Waals surface area contributed by atoms with Crippen LogP contribution in [0.5, 0.6) is 5.75 Å². The first-order chi connectivity index (χ1) is 11.5. The first-order valence-corrected chi connectivity index (χ1v) is 8.38.